The highest BCUT2D eigenvalue weighted by molar-refractivity contribution is 6.16. The van der Waals surface area contributed by atoms with Gasteiger partial charge in [0.15, 0.2) is 28.8 Å². The molecule has 0 N–H and O–H groups in total. The number of benzene rings is 3. The topological polar surface area (TPSA) is 84.9 Å². The third-order valence-corrected chi connectivity index (χ3v) is 7.17. The average Bonchev–Trinajstić information content (AvgIpc) is 3.31. The number of carbonyl (C=O) groups excluding carboxylic acids is 1. The van der Waals surface area contributed by atoms with Crippen LogP contribution in [-0.2, 0) is 13.0 Å². The largest absolute Gasteiger partial charge is 0.496 e. The Bertz CT molecular complexity index is 1480. The van der Waals surface area contributed by atoms with Gasteiger partial charge in [-0.3, -0.25) is 9.69 Å². The van der Waals surface area contributed by atoms with Crippen LogP contribution in [0.4, 0.5) is 0 Å². The second-order valence-electron chi connectivity index (χ2n) is 9.53. The molecule has 5 rings (SSSR count). The van der Waals surface area contributed by atoms with Crippen LogP contribution in [0.15, 0.2) is 42.2 Å². The number of rotatable bonds is 9. The lowest BCUT2D eigenvalue weighted by Crippen LogP contribution is -2.34. The molecule has 3 aromatic rings. The summed E-state index contributed by atoms with van der Waals surface area (Å²) >= 11 is 0. The highest BCUT2D eigenvalue weighted by atomic mass is 16.5. The summed E-state index contributed by atoms with van der Waals surface area (Å²) in [5, 5.41) is 0. The van der Waals surface area contributed by atoms with Crippen LogP contribution in [0.25, 0.3) is 6.08 Å². The first-order valence-electron chi connectivity index (χ1n) is 12.9. The van der Waals surface area contributed by atoms with Crippen LogP contribution in [0.1, 0.15) is 32.6 Å². The normalized spacial score (nSPS) is 15.2. The predicted molar refractivity (Wildman–Crippen MR) is 149 cm³/mol. The van der Waals surface area contributed by atoms with Gasteiger partial charge in [0, 0.05) is 24.7 Å². The molecule has 40 heavy (non-hydrogen) atoms. The van der Waals surface area contributed by atoms with E-state index in [2.05, 4.69) is 4.90 Å². The van der Waals surface area contributed by atoms with Crippen LogP contribution in [-0.4, -0.2) is 59.5 Å². The Hall–Kier alpha value is -4.37. The average molecular weight is 548 g/mol. The first kappa shape index (κ1) is 27.2. The Morgan fingerprint density at radius 3 is 2.23 bits per heavy atom. The molecule has 9 nitrogen and oxygen atoms in total. The first-order valence-corrected chi connectivity index (χ1v) is 12.9. The molecule has 210 valence electrons. The van der Waals surface area contributed by atoms with Gasteiger partial charge in [-0.05, 0) is 54.8 Å². The lowest BCUT2D eigenvalue weighted by molar-refractivity contribution is 0.0949. The molecule has 0 radical (unpaired) electrons. The minimum Gasteiger partial charge on any atom is -0.496 e. The van der Waals surface area contributed by atoms with Crippen molar-refractivity contribution >= 4 is 11.9 Å². The Morgan fingerprint density at radius 1 is 0.850 bits per heavy atom. The van der Waals surface area contributed by atoms with Crippen molar-refractivity contribution < 1.29 is 38.0 Å². The van der Waals surface area contributed by atoms with Gasteiger partial charge in [-0.2, -0.15) is 0 Å². The summed E-state index contributed by atoms with van der Waals surface area (Å²) in [6, 6.07) is 11.3. The number of allylic oxidation sites excluding steroid dienone is 1. The van der Waals surface area contributed by atoms with E-state index in [4.69, 9.17) is 33.2 Å². The maximum Gasteiger partial charge on any atom is 0.232 e. The van der Waals surface area contributed by atoms with E-state index in [1.165, 1.54) is 0 Å². The monoisotopic (exact) mass is 547 g/mol. The fraction of sp³-hybridized carbons (Fsp3) is 0.323. The number of hydrogen-bond acceptors (Lipinski definition) is 9. The molecular formula is C31H33NO8. The molecule has 2 aliphatic rings. The van der Waals surface area contributed by atoms with Gasteiger partial charge in [0.25, 0.3) is 0 Å². The number of methoxy groups -OCH3 is 5. The minimum absolute atomic E-state index is 0.186. The number of ketones is 1. The van der Waals surface area contributed by atoms with E-state index in [1.807, 2.05) is 31.2 Å². The van der Waals surface area contributed by atoms with E-state index in [9.17, 15) is 4.79 Å². The fourth-order valence-electron chi connectivity index (χ4n) is 5.05. The molecule has 0 atom stereocenters. The molecule has 3 aromatic carbocycles. The smallest absolute Gasteiger partial charge is 0.232 e. The maximum atomic E-state index is 13.5. The Morgan fingerprint density at radius 2 is 1.52 bits per heavy atom. The van der Waals surface area contributed by atoms with E-state index >= 15 is 0 Å². The Balaban J connectivity index is 1.40. The summed E-state index contributed by atoms with van der Waals surface area (Å²) in [7, 11) is 7.92. The van der Waals surface area contributed by atoms with Crippen molar-refractivity contribution in [3.05, 3.63) is 70.0 Å². The Kier molecular flexibility index (Phi) is 7.75. The summed E-state index contributed by atoms with van der Waals surface area (Å²) in [5.74, 6) is 4.27. The predicted octanol–water partition coefficient (Wildman–Crippen LogP) is 5.05. The molecule has 9 heteroatoms. The number of hydrogen-bond donors (Lipinski definition) is 0. The van der Waals surface area contributed by atoms with Gasteiger partial charge in [-0.1, -0.05) is 6.07 Å². The first-order chi connectivity index (χ1) is 19.4. The van der Waals surface area contributed by atoms with Crippen molar-refractivity contribution in [3.63, 3.8) is 0 Å². The van der Waals surface area contributed by atoms with Crippen molar-refractivity contribution in [2.45, 2.75) is 19.9 Å². The van der Waals surface area contributed by atoms with Crippen molar-refractivity contribution in [3.8, 4) is 40.2 Å². The van der Waals surface area contributed by atoms with E-state index in [0.29, 0.717) is 58.9 Å². The molecule has 2 heterocycles. The standard InChI is InChI=1S/C31H33NO8/c1-18-11-24-21(16-32(17-39-24)10-9-19-7-8-22(34-2)25(12-19)36-4)31-29(18)30(33)28(40-31)14-20-13-26(37-5)27(38-6)15-23(20)35-3/h7-8,11-15H,9-10,16-17H2,1-6H3/b28-14+. The second-order valence-corrected chi connectivity index (χ2v) is 9.53. The molecular weight excluding hydrogens is 514 g/mol. The number of fused-ring (bicyclic) bond motifs is 3. The van der Waals surface area contributed by atoms with Crippen LogP contribution in [0.2, 0.25) is 0 Å². The lowest BCUT2D eigenvalue weighted by atomic mass is 9.98. The summed E-state index contributed by atoms with van der Waals surface area (Å²) < 4.78 is 39.5. The van der Waals surface area contributed by atoms with Crippen molar-refractivity contribution in [2.24, 2.45) is 0 Å². The molecule has 0 unspecified atom stereocenters. The van der Waals surface area contributed by atoms with Crippen LogP contribution in [0, 0.1) is 6.92 Å². The van der Waals surface area contributed by atoms with Crippen LogP contribution in [0.3, 0.4) is 0 Å². The summed E-state index contributed by atoms with van der Waals surface area (Å²) in [6.45, 7) is 3.67. The third-order valence-electron chi connectivity index (χ3n) is 7.17. The SMILES string of the molecule is COc1cc(OC)c(OC)cc1/C=C1/Oc2c3c(cc(C)c2C1=O)OCN(CCc1ccc(OC)c(OC)c1)C3. The summed E-state index contributed by atoms with van der Waals surface area (Å²) in [5.41, 5.74) is 3.97. The number of nitrogens with zero attached hydrogens (tertiary/aromatic N) is 1. The van der Waals surface area contributed by atoms with Crippen molar-refractivity contribution in [1.82, 2.24) is 4.90 Å². The number of carbonyl (C=O) groups is 1. The highest BCUT2D eigenvalue weighted by Crippen LogP contribution is 2.45. The molecule has 0 fully saturated rings. The quantitative estimate of drug-likeness (QED) is 0.342. The van der Waals surface area contributed by atoms with Gasteiger partial charge in [0.05, 0.1) is 46.7 Å². The molecule has 0 aliphatic carbocycles. The number of aryl methyl sites for hydroxylation is 1. The molecule has 0 bridgehead atoms. The van der Waals surface area contributed by atoms with Crippen LogP contribution in [0.5, 0.6) is 40.2 Å². The number of ether oxygens (including phenoxy) is 7. The zero-order valence-electron chi connectivity index (χ0n) is 23.6. The van der Waals surface area contributed by atoms with Gasteiger partial charge < -0.3 is 33.2 Å². The highest BCUT2D eigenvalue weighted by Gasteiger charge is 2.35. The molecule has 0 saturated carbocycles. The molecule has 0 aromatic heterocycles. The van der Waals surface area contributed by atoms with E-state index in [1.54, 1.807) is 53.8 Å². The van der Waals surface area contributed by atoms with E-state index in [0.717, 1.165) is 35.4 Å². The summed E-state index contributed by atoms with van der Waals surface area (Å²) in [6.07, 6.45) is 2.46. The van der Waals surface area contributed by atoms with Gasteiger partial charge in [0.1, 0.15) is 24.0 Å². The molecule has 0 saturated heterocycles. The second kappa shape index (κ2) is 11.4. The Labute approximate surface area is 233 Å². The number of Topliss-reactive ketones (excluding diaryl/α,β-unsaturated/α-hetero) is 1. The van der Waals surface area contributed by atoms with Gasteiger partial charge >= 0.3 is 0 Å². The lowest BCUT2D eigenvalue weighted by Gasteiger charge is -2.30. The van der Waals surface area contributed by atoms with Gasteiger partial charge in [-0.25, -0.2) is 0 Å². The van der Waals surface area contributed by atoms with E-state index < -0.39 is 0 Å². The third kappa shape index (κ3) is 5.00. The van der Waals surface area contributed by atoms with Gasteiger partial charge in [-0.15, -0.1) is 0 Å². The maximum absolute atomic E-state index is 13.5. The summed E-state index contributed by atoms with van der Waals surface area (Å²) in [4.78, 5) is 15.7. The minimum atomic E-state index is -0.186. The molecule has 0 spiro atoms. The zero-order valence-corrected chi connectivity index (χ0v) is 23.6. The van der Waals surface area contributed by atoms with Crippen molar-refractivity contribution in [2.75, 3.05) is 48.8 Å². The molecule has 0 amide bonds. The molecule has 2 aliphatic heterocycles. The fourth-order valence-corrected chi connectivity index (χ4v) is 5.05. The van der Waals surface area contributed by atoms with Gasteiger partial charge in [0.2, 0.25) is 5.78 Å². The van der Waals surface area contributed by atoms with E-state index in [-0.39, 0.29) is 11.5 Å². The van der Waals surface area contributed by atoms with Crippen molar-refractivity contribution in [1.29, 1.82) is 0 Å². The van der Waals surface area contributed by atoms with Crippen LogP contribution >= 0.6 is 0 Å². The van der Waals surface area contributed by atoms with Crippen LogP contribution < -0.4 is 33.2 Å². The zero-order chi connectivity index (χ0) is 28.4.